The summed E-state index contributed by atoms with van der Waals surface area (Å²) in [5, 5.41) is 3.40. The van der Waals surface area contributed by atoms with E-state index in [2.05, 4.69) is 26.3 Å². The van der Waals surface area contributed by atoms with Gasteiger partial charge in [-0.05, 0) is 25.1 Å². The molecule has 100 valence electrons. The van der Waals surface area contributed by atoms with Crippen molar-refractivity contribution < 1.29 is 1.43 Å². The van der Waals surface area contributed by atoms with Crippen molar-refractivity contribution in [3.8, 4) is 0 Å². The second-order valence-corrected chi connectivity index (χ2v) is 4.17. The van der Waals surface area contributed by atoms with Crippen molar-refractivity contribution in [1.29, 1.82) is 0 Å². The average molecular weight is 248 g/mol. The lowest BCUT2D eigenvalue weighted by Crippen LogP contribution is -2.28. The van der Waals surface area contributed by atoms with Crippen molar-refractivity contribution in [2.45, 2.75) is 20.3 Å². The summed E-state index contributed by atoms with van der Waals surface area (Å²) in [6.45, 7) is 8.25. The minimum Gasteiger partial charge on any atom is -0.341 e. The predicted octanol–water partition coefficient (Wildman–Crippen LogP) is 2.63. The van der Waals surface area contributed by atoms with E-state index in [0.717, 1.165) is 43.2 Å². The van der Waals surface area contributed by atoms with Gasteiger partial charge in [-0.25, -0.2) is 4.98 Å². The van der Waals surface area contributed by atoms with Crippen molar-refractivity contribution in [2.75, 3.05) is 31.1 Å². The number of aromatic amines is 1. The smallest absolute Gasteiger partial charge is 0.203 e. The second kappa shape index (κ2) is 6.40. The molecule has 1 aromatic carbocycles. The molecule has 1 aliphatic rings. The third kappa shape index (κ3) is 2.82. The number of anilines is 1. The zero-order chi connectivity index (χ0) is 12.8. The lowest BCUT2D eigenvalue weighted by molar-refractivity contribution is 0.724. The first-order valence-corrected chi connectivity index (χ1v) is 6.84. The Kier molecular flexibility index (Phi) is 4.59. The van der Waals surface area contributed by atoms with Crippen LogP contribution >= 0.6 is 0 Å². The highest BCUT2D eigenvalue weighted by molar-refractivity contribution is 5.77. The van der Waals surface area contributed by atoms with Crippen LogP contribution in [0.1, 0.15) is 21.7 Å². The van der Waals surface area contributed by atoms with Crippen LogP contribution in [0.4, 0.5) is 5.95 Å². The fourth-order valence-corrected chi connectivity index (χ4v) is 2.15. The number of nitrogens with one attached hydrogen (secondary N) is 2. The summed E-state index contributed by atoms with van der Waals surface area (Å²) in [7, 11) is 0. The van der Waals surface area contributed by atoms with E-state index in [1.807, 2.05) is 32.0 Å². The quantitative estimate of drug-likeness (QED) is 0.815. The molecule has 0 amide bonds. The van der Waals surface area contributed by atoms with Gasteiger partial charge in [0.05, 0.1) is 11.0 Å². The second-order valence-electron chi connectivity index (χ2n) is 4.17. The summed E-state index contributed by atoms with van der Waals surface area (Å²) >= 11 is 0. The molecule has 0 unspecified atom stereocenters. The van der Waals surface area contributed by atoms with E-state index in [1.165, 1.54) is 6.42 Å². The Bertz CT molecular complexity index is 442. The Morgan fingerprint density at radius 1 is 1.17 bits per heavy atom. The van der Waals surface area contributed by atoms with E-state index in [1.54, 1.807) is 0 Å². The van der Waals surface area contributed by atoms with Gasteiger partial charge in [0.1, 0.15) is 0 Å². The molecule has 0 saturated carbocycles. The van der Waals surface area contributed by atoms with Gasteiger partial charge in [0, 0.05) is 21.1 Å². The van der Waals surface area contributed by atoms with Crippen molar-refractivity contribution in [2.24, 2.45) is 0 Å². The lowest BCUT2D eigenvalue weighted by Gasteiger charge is -2.18. The van der Waals surface area contributed by atoms with Crippen LogP contribution in [-0.2, 0) is 0 Å². The molecule has 2 aromatic rings. The highest BCUT2D eigenvalue weighted by Gasteiger charge is 2.12. The Labute approximate surface area is 110 Å². The lowest BCUT2D eigenvalue weighted by atomic mass is 10.3. The average Bonchev–Trinajstić information content (AvgIpc) is 2.67. The van der Waals surface area contributed by atoms with Gasteiger partial charge in [-0.15, -0.1) is 0 Å². The zero-order valence-electron chi connectivity index (χ0n) is 11.2. The summed E-state index contributed by atoms with van der Waals surface area (Å²) in [5.74, 6) is 1.00. The largest absolute Gasteiger partial charge is 0.341 e. The van der Waals surface area contributed by atoms with Gasteiger partial charge < -0.3 is 15.2 Å². The van der Waals surface area contributed by atoms with Crippen LogP contribution in [0.3, 0.4) is 0 Å². The number of aromatic nitrogens is 2. The van der Waals surface area contributed by atoms with Crippen LogP contribution in [0.5, 0.6) is 0 Å². The van der Waals surface area contributed by atoms with Gasteiger partial charge in [0.2, 0.25) is 5.95 Å². The highest BCUT2D eigenvalue weighted by atomic mass is 15.3. The molecular formula is C14H24N4. The molecule has 1 aromatic heterocycles. The summed E-state index contributed by atoms with van der Waals surface area (Å²) in [4.78, 5) is 10.3. The van der Waals surface area contributed by atoms with E-state index in [0.29, 0.717) is 0 Å². The van der Waals surface area contributed by atoms with E-state index in [9.17, 15) is 0 Å². The molecule has 1 saturated heterocycles. The number of para-hydroxylation sites is 2. The van der Waals surface area contributed by atoms with Crippen LogP contribution < -0.4 is 10.2 Å². The van der Waals surface area contributed by atoms with Crippen molar-refractivity contribution in [3.05, 3.63) is 24.3 Å². The maximum Gasteiger partial charge on any atom is 0.203 e. The number of nitrogens with zero attached hydrogens (tertiary/aromatic N) is 2. The van der Waals surface area contributed by atoms with E-state index < -0.39 is 0 Å². The Morgan fingerprint density at radius 3 is 2.83 bits per heavy atom. The summed E-state index contributed by atoms with van der Waals surface area (Å²) in [5.41, 5.74) is 2.17. The third-order valence-electron chi connectivity index (χ3n) is 3.02. The molecule has 0 bridgehead atoms. The Morgan fingerprint density at radius 2 is 2.00 bits per heavy atom. The van der Waals surface area contributed by atoms with Gasteiger partial charge in [0.15, 0.2) is 0 Å². The fraction of sp³-hybridized carbons (Fsp3) is 0.500. The van der Waals surface area contributed by atoms with E-state index >= 15 is 0 Å². The summed E-state index contributed by atoms with van der Waals surface area (Å²) in [6.07, 6.45) is 1.18. The number of fused-ring (bicyclic) bond motifs is 1. The fourth-order valence-electron chi connectivity index (χ4n) is 2.15. The number of hydrogen-bond acceptors (Lipinski definition) is 3. The molecule has 0 spiro atoms. The van der Waals surface area contributed by atoms with Crippen LogP contribution in [0.25, 0.3) is 11.0 Å². The third-order valence-corrected chi connectivity index (χ3v) is 3.02. The monoisotopic (exact) mass is 248 g/mol. The molecule has 0 atom stereocenters. The van der Waals surface area contributed by atoms with E-state index in [4.69, 9.17) is 0 Å². The van der Waals surface area contributed by atoms with Gasteiger partial charge in [-0.3, -0.25) is 0 Å². The van der Waals surface area contributed by atoms with E-state index in [-0.39, 0.29) is 1.43 Å². The first-order valence-electron chi connectivity index (χ1n) is 6.84. The van der Waals surface area contributed by atoms with Gasteiger partial charge in [0.25, 0.3) is 0 Å². The topological polar surface area (TPSA) is 44.0 Å². The molecule has 2 heterocycles. The number of H-pyrrole nitrogens is 1. The molecule has 1 aliphatic heterocycles. The minimum atomic E-state index is 0. The van der Waals surface area contributed by atoms with Gasteiger partial charge >= 0.3 is 0 Å². The van der Waals surface area contributed by atoms with Crippen molar-refractivity contribution in [1.82, 2.24) is 15.3 Å². The Balaban J connectivity index is 0.000000576. The number of rotatable bonds is 1. The Hall–Kier alpha value is -1.55. The predicted molar refractivity (Wildman–Crippen MR) is 79.3 cm³/mol. The number of imidazole rings is 1. The minimum absolute atomic E-state index is 0. The molecule has 3 rings (SSSR count). The van der Waals surface area contributed by atoms with Crippen molar-refractivity contribution in [3.63, 3.8) is 0 Å². The highest BCUT2D eigenvalue weighted by Crippen LogP contribution is 2.17. The summed E-state index contributed by atoms with van der Waals surface area (Å²) < 4.78 is 0. The number of benzene rings is 1. The number of hydrogen-bond donors (Lipinski definition) is 2. The first kappa shape index (κ1) is 12.9. The van der Waals surface area contributed by atoms with Crippen molar-refractivity contribution >= 4 is 17.0 Å². The first-order chi connectivity index (χ1) is 8.93. The van der Waals surface area contributed by atoms with Crippen LogP contribution in [0, 0.1) is 0 Å². The van der Waals surface area contributed by atoms with Crippen LogP contribution in [-0.4, -0.2) is 36.1 Å². The zero-order valence-corrected chi connectivity index (χ0v) is 11.2. The molecule has 1 fully saturated rings. The maximum absolute atomic E-state index is 4.62. The normalized spacial score (nSPS) is 16.0. The van der Waals surface area contributed by atoms with Crippen LogP contribution in [0.15, 0.2) is 24.3 Å². The van der Waals surface area contributed by atoms with Gasteiger partial charge in [-0.1, -0.05) is 26.0 Å². The molecule has 0 radical (unpaired) electrons. The maximum atomic E-state index is 4.62. The molecule has 18 heavy (non-hydrogen) atoms. The van der Waals surface area contributed by atoms with Gasteiger partial charge in [-0.2, -0.15) is 0 Å². The molecule has 2 N–H and O–H groups in total. The molecule has 0 aliphatic carbocycles. The standard InChI is InChI=1S/C12H16N4.C2H6.H2/c1-2-5-11-10(4-1)14-12(15-11)16-8-3-6-13-7-9-16;1-2;/h1-2,4-5,13H,3,6-9H2,(H,14,15);1-2H3;1H. The molecule has 4 heteroatoms. The molecule has 4 nitrogen and oxygen atoms in total. The SMILES string of the molecule is CC.[HH].c1ccc2[nH]c(N3CCCNCC3)nc2c1. The van der Waals surface area contributed by atoms with Crippen LogP contribution in [0.2, 0.25) is 0 Å². The summed E-state index contributed by atoms with van der Waals surface area (Å²) in [6, 6.07) is 8.18. The molecular weight excluding hydrogens is 224 g/mol.